The quantitative estimate of drug-likeness (QED) is 0.899. The second-order valence-corrected chi connectivity index (χ2v) is 6.22. The Morgan fingerprint density at radius 2 is 2.12 bits per heavy atom. The van der Waals surface area contributed by atoms with Gasteiger partial charge in [-0.05, 0) is 44.5 Å². The molecular formula is C17H20F3N3O2. The first-order valence-electron chi connectivity index (χ1n) is 8.00. The highest BCUT2D eigenvalue weighted by Gasteiger charge is 2.35. The highest BCUT2D eigenvalue weighted by molar-refractivity contribution is 5.69. The summed E-state index contributed by atoms with van der Waals surface area (Å²) in [6.45, 7) is 0.727. The van der Waals surface area contributed by atoms with Gasteiger partial charge in [-0.2, -0.15) is 18.4 Å². The molecule has 1 aromatic rings. The number of nitrogens with zero attached hydrogens (tertiary/aromatic N) is 3. The van der Waals surface area contributed by atoms with Gasteiger partial charge in [-0.3, -0.25) is 9.69 Å². The van der Waals surface area contributed by atoms with Gasteiger partial charge in [-0.1, -0.05) is 0 Å². The minimum atomic E-state index is -4.49. The maximum atomic E-state index is 13.3. The van der Waals surface area contributed by atoms with Crippen LogP contribution in [0, 0.1) is 11.3 Å². The molecule has 1 atom stereocenters. The number of carboxylic acids is 1. The fourth-order valence-corrected chi connectivity index (χ4v) is 3.21. The van der Waals surface area contributed by atoms with Crippen molar-refractivity contribution in [3.8, 4) is 6.07 Å². The van der Waals surface area contributed by atoms with Crippen LogP contribution in [0.15, 0.2) is 18.2 Å². The van der Waals surface area contributed by atoms with E-state index >= 15 is 0 Å². The van der Waals surface area contributed by atoms with E-state index in [1.807, 2.05) is 6.07 Å². The van der Waals surface area contributed by atoms with Crippen molar-refractivity contribution in [2.45, 2.75) is 31.5 Å². The Hall–Kier alpha value is -2.27. The van der Waals surface area contributed by atoms with Crippen molar-refractivity contribution < 1.29 is 23.1 Å². The van der Waals surface area contributed by atoms with Gasteiger partial charge in [0, 0.05) is 19.1 Å². The number of benzene rings is 1. The van der Waals surface area contributed by atoms with E-state index in [1.165, 1.54) is 12.1 Å². The van der Waals surface area contributed by atoms with E-state index in [1.54, 1.807) is 16.8 Å². The molecule has 1 fully saturated rings. The summed E-state index contributed by atoms with van der Waals surface area (Å²) in [6.07, 6.45) is -2.55. The van der Waals surface area contributed by atoms with Crippen LogP contribution in [0.4, 0.5) is 18.9 Å². The average Bonchev–Trinajstić information content (AvgIpc) is 2.78. The molecule has 25 heavy (non-hydrogen) atoms. The third-order valence-electron chi connectivity index (χ3n) is 4.48. The minimum absolute atomic E-state index is 0.00888. The largest absolute Gasteiger partial charge is 0.480 e. The summed E-state index contributed by atoms with van der Waals surface area (Å²) in [5.41, 5.74) is -0.538. The highest BCUT2D eigenvalue weighted by atomic mass is 19.4. The normalized spacial score (nSPS) is 18.7. The topological polar surface area (TPSA) is 67.6 Å². The zero-order valence-corrected chi connectivity index (χ0v) is 13.9. The van der Waals surface area contributed by atoms with E-state index in [4.69, 9.17) is 10.4 Å². The molecule has 1 unspecified atom stereocenters. The third kappa shape index (κ3) is 4.86. The number of likely N-dealkylation sites (N-methyl/N-ethyl adjacent to an activating group) is 1. The Morgan fingerprint density at radius 3 is 2.72 bits per heavy atom. The lowest BCUT2D eigenvalue weighted by Gasteiger charge is -2.28. The van der Waals surface area contributed by atoms with Crippen molar-refractivity contribution in [3.05, 3.63) is 29.3 Å². The lowest BCUT2D eigenvalue weighted by molar-refractivity contribution is -0.139. The minimum Gasteiger partial charge on any atom is -0.480 e. The average molecular weight is 355 g/mol. The molecule has 136 valence electrons. The van der Waals surface area contributed by atoms with Crippen molar-refractivity contribution >= 4 is 11.7 Å². The number of rotatable bonds is 4. The molecule has 0 amide bonds. The van der Waals surface area contributed by atoms with Gasteiger partial charge in [0.25, 0.3) is 0 Å². The van der Waals surface area contributed by atoms with E-state index in [0.717, 1.165) is 12.5 Å². The monoisotopic (exact) mass is 355 g/mol. The van der Waals surface area contributed by atoms with Crippen LogP contribution >= 0.6 is 0 Å². The smallest absolute Gasteiger partial charge is 0.418 e. The Labute approximate surface area is 144 Å². The Kier molecular flexibility index (Phi) is 5.90. The number of aliphatic carboxylic acids is 1. The molecule has 5 nitrogen and oxygen atoms in total. The molecule has 0 spiro atoms. The van der Waals surface area contributed by atoms with Crippen LogP contribution in [0.25, 0.3) is 0 Å². The number of hydrogen-bond donors (Lipinski definition) is 1. The fraction of sp³-hybridized carbons (Fsp3) is 0.529. The summed E-state index contributed by atoms with van der Waals surface area (Å²) in [4.78, 5) is 14.2. The lowest BCUT2D eigenvalue weighted by Crippen LogP contribution is -2.36. The van der Waals surface area contributed by atoms with Crippen LogP contribution in [0.1, 0.15) is 30.4 Å². The van der Waals surface area contributed by atoms with Crippen LogP contribution < -0.4 is 4.90 Å². The first-order valence-corrected chi connectivity index (χ1v) is 8.00. The number of hydrogen-bond acceptors (Lipinski definition) is 4. The molecule has 1 heterocycles. The second-order valence-electron chi connectivity index (χ2n) is 6.22. The Morgan fingerprint density at radius 1 is 1.40 bits per heavy atom. The van der Waals surface area contributed by atoms with Crippen LogP contribution in [0.5, 0.6) is 0 Å². The van der Waals surface area contributed by atoms with Gasteiger partial charge >= 0.3 is 12.1 Å². The summed E-state index contributed by atoms with van der Waals surface area (Å²) in [5.74, 6) is -0.926. The van der Waals surface area contributed by atoms with Gasteiger partial charge in [0.15, 0.2) is 0 Å². The zero-order valence-electron chi connectivity index (χ0n) is 13.9. The summed E-state index contributed by atoms with van der Waals surface area (Å²) in [5, 5.41) is 17.9. The van der Waals surface area contributed by atoms with Crippen LogP contribution in [-0.2, 0) is 11.0 Å². The van der Waals surface area contributed by atoms with Gasteiger partial charge < -0.3 is 10.0 Å². The first-order chi connectivity index (χ1) is 11.7. The van der Waals surface area contributed by atoms with E-state index in [0.29, 0.717) is 25.9 Å². The first kappa shape index (κ1) is 19.1. The molecule has 8 heteroatoms. The van der Waals surface area contributed by atoms with Gasteiger partial charge in [-0.25, -0.2) is 0 Å². The fourth-order valence-electron chi connectivity index (χ4n) is 3.21. The number of carboxylic acid groups (broad SMARTS) is 1. The molecule has 0 aromatic heterocycles. The molecule has 1 aliphatic rings. The van der Waals surface area contributed by atoms with E-state index < -0.39 is 17.7 Å². The van der Waals surface area contributed by atoms with E-state index in [9.17, 15) is 18.0 Å². The molecule has 1 aliphatic heterocycles. The van der Waals surface area contributed by atoms with Gasteiger partial charge in [-0.15, -0.1) is 0 Å². The number of anilines is 1. The Bertz CT molecular complexity index is 670. The molecule has 1 N–H and O–H groups in total. The Balaban J connectivity index is 2.22. The van der Waals surface area contributed by atoms with Crippen molar-refractivity contribution in [2.75, 3.05) is 31.6 Å². The van der Waals surface area contributed by atoms with Crippen molar-refractivity contribution in [3.63, 3.8) is 0 Å². The number of nitriles is 1. The van der Waals surface area contributed by atoms with Crippen LogP contribution in [-0.4, -0.2) is 48.7 Å². The maximum absolute atomic E-state index is 13.3. The summed E-state index contributed by atoms with van der Waals surface area (Å²) < 4.78 is 39.9. The number of alkyl halides is 3. The van der Waals surface area contributed by atoms with Crippen molar-refractivity contribution in [1.82, 2.24) is 4.90 Å². The predicted molar refractivity (Wildman–Crippen MR) is 86.3 cm³/mol. The van der Waals surface area contributed by atoms with E-state index in [2.05, 4.69) is 0 Å². The van der Waals surface area contributed by atoms with Crippen molar-refractivity contribution in [1.29, 1.82) is 5.26 Å². The third-order valence-corrected chi connectivity index (χ3v) is 4.48. The number of carbonyl (C=O) groups is 1. The summed E-state index contributed by atoms with van der Waals surface area (Å²) >= 11 is 0. The molecule has 0 saturated carbocycles. The molecule has 2 rings (SSSR count). The molecule has 0 aliphatic carbocycles. The summed E-state index contributed by atoms with van der Waals surface area (Å²) in [6, 6.07) is 5.30. The predicted octanol–water partition coefficient (Wildman–Crippen LogP) is 2.95. The molecule has 1 saturated heterocycles. The standard InChI is InChI=1S/C17H20F3N3O2/c1-22(11-16(24)25)13-3-2-7-23(8-6-13)15-9-12(10-21)4-5-14(15)17(18,19)20/h4-5,9,13H,2-3,6-8,11H2,1H3,(H,24,25). The van der Waals surface area contributed by atoms with Gasteiger partial charge in [0.05, 0.1) is 29.4 Å². The summed E-state index contributed by atoms with van der Waals surface area (Å²) in [7, 11) is 1.71. The maximum Gasteiger partial charge on any atom is 0.418 e. The van der Waals surface area contributed by atoms with Crippen LogP contribution in [0.2, 0.25) is 0 Å². The molecule has 1 aromatic carbocycles. The molecular weight excluding hydrogens is 335 g/mol. The molecule has 0 radical (unpaired) electrons. The highest BCUT2D eigenvalue weighted by Crippen LogP contribution is 2.38. The SMILES string of the molecule is CN(CC(=O)O)C1CCCN(c2cc(C#N)ccc2C(F)(F)F)CC1. The van der Waals surface area contributed by atoms with Crippen LogP contribution in [0.3, 0.4) is 0 Å². The second kappa shape index (κ2) is 7.74. The zero-order chi connectivity index (χ0) is 18.6. The van der Waals surface area contributed by atoms with E-state index in [-0.39, 0.29) is 23.8 Å². The lowest BCUT2D eigenvalue weighted by atomic mass is 10.1. The van der Waals surface area contributed by atoms with Gasteiger partial charge in [0.2, 0.25) is 0 Å². The van der Waals surface area contributed by atoms with Gasteiger partial charge in [0.1, 0.15) is 0 Å². The number of halogens is 3. The molecule has 0 bridgehead atoms. The van der Waals surface area contributed by atoms with Crippen molar-refractivity contribution in [2.24, 2.45) is 0 Å².